The minimum absolute atomic E-state index is 0.137. The average Bonchev–Trinajstić information content (AvgIpc) is 2.41. The van der Waals surface area contributed by atoms with Crippen molar-refractivity contribution in [3.63, 3.8) is 0 Å². The molecule has 0 N–H and O–H groups in total. The van der Waals surface area contributed by atoms with Crippen molar-refractivity contribution in [2.75, 3.05) is 0 Å². The summed E-state index contributed by atoms with van der Waals surface area (Å²) >= 11 is 11.8. The molecule has 0 atom stereocenters. The second-order valence-electron chi connectivity index (χ2n) is 4.17. The van der Waals surface area contributed by atoms with Gasteiger partial charge in [0, 0.05) is 11.8 Å². The molecule has 0 aromatic heterocycles. The van der Waals surface area contributed by atoms with E-state index in [-0.39, 0.29) is 9.92 Å². The number of hydrogen-bond acceptors (Lipinski definition) is 2. The Morgan fingerprint density at radius 1 is 1.05 bits per heavy atom. The summed E-state index contributed by atoms with van der Waals surface area (Å²) in [6, 6.07) is 11.4. The van der Waals surface area contributed by atoms with Crippen molar-refractivity contribution in [3.05, 3.63) is 63.6 Å². The standard InChI is InChI=1S/C14H11Cl2NO2S/c1-10-5-7-12(8-6-10)20(18,19)17-9-11-3-2-4-13(15)14(11)16/h2-9H,1H3. The summed E-state index contributed by atoms with van der Waals surface area (Å²) < 4.78 is 27.7. The molecule has 0 aliphatic rings. The first-order valence-corrected chi connectivity index (χ1v) is 7.91. The largest absolute Gasteiger partial charge is 0.282 e. The van der Waals surface area contributed by atoms with E-state index in [1.807, 2.05) is 6.92 Å². The number of aryl methyl sites for hydroxylation is 1. The Labute approximate surface area is 127 Å². The van der Waals surface area contributed by atoms with Gasteiger partial charge in [-0.3, -0.25) is 0 Å². The zero-order chi connectivity index (χ0) is 14.8. The van der Waals surface area contributed by atoms with Crippen LogP contribution in [0.2, 0.25) is 10.0 Å². The van der Waals surface area contributed by atoms with E-state index in [0.29, 0.717) is 10.6 Å². The molecule has 0 aliphatic carbocycles. The molecule has 0 saturated heterocycles. The van der Waals surface area contributed by atoms with Gasteiger partial charge in [0.25, 0.3) is 10.0 Å². The van der Waals surface area contributed by atoms with Crippen LogP contribution >= 0.6 is 23.2 Å². The zero-order valence-electron chi connectivity index (χ0n) is 10.5. The van der Waals surface area contributed by atoms with E-state index in [4.69, 9.17) is 23.2 Å². The Morgan fingerprint density at radius 2 is 1.70 bits per heavy atom. The van der Waals surface area contributed by atoms with Crippen molar-refractivity contribution in [1.29, 1.82) is 0 Å². The van der Waals surface area contributed by atoms with Gasteiger partial charge in [-0.15, -0.1) is 0 Å². The van der Waals surface area contributed by atoms with Gasteiger partial charge in [-0.1, -0.05) is 53.0 Å². The fourth-order valence-electron chi connectivity index (χ4n) is 1.52. The lowest BCUT2D eigenvalue weighted by Gasteiger charge is -2.01. The molecule has 0 saturated carbocycles. The molecule has 2 aromatic carbocycles. The highest BCUT2D eigenvalue weighted by atomic mass is 35.5. The van der Waals surface area contributed by atoms with Crippen molar-refractivity contribution < 1.29 is 8.42 Å². The van der Waals surface area contributed by atoms with Crippen LogP contribution in [-0.2, 0) is 10.0 Å². The third kappa shape index (κ3) is 3.39. The van der Waals surface area contributed by atoms with Gasteiger partial charge in [0.15, 0.2) is 0 Å². The molecule has 0 amide bonds. The van der Waals surface area contributed by atoms with Crippen molar-refractivity contribution in [2.24, 2.45) is 4.40 Å². The quantitative estimate of drug-likeness (QED) is 0.796. The van der Waals surface area contributed by atoms with E-state index in [2.05, 4.69) is 4.40 Å². The summed E-state index contributed by atoms with van der Waals surface area (Å²) in [6.07, 6.45) is 1.20. The van der Waals surface area contributed by atoms with Crippen LogP contribution in [-0.4, -0.2) is 14.6 Å². The molecule has 2 rings (SSSR count). The van der Waals surface area contributed by atoms with Gasteiger partial charge >= 0.3 is 0 Å². The first-order valence-electron chi connectivity index (χ1n) is 5.71. The highest BCUT2D eigenvalue weighted by Gasteiger charge is 2.11. The molecule has 0 heterocycles. The minimum Gasteiger partial charge on any atom is -0.199 e. The Morgan fingerprint density at radius 3 is 2.35 bits per heavy atom. The molecule has 20 heavy (non-hydrogen) atoms. The maximum Gasteiger partial charge on any atom is 0.282 e. The van der Waals surface area contributed by atoms with E-state index in [1.165, 1.54) is 18.3 Å². The maximum atomic E-state index is 12.0. The second-order valence-corrected chi connectivity index (χ2v) is 6.58. The first kappa shape index (κ1) is 15.0. The van der Waals surface area contributed by atoms with Gasteiger partial charge in [-0.25, -0.2) is 0 Å². The number of nitrogens with zero attached hydrogens (tertiary/aromatic N) is 1. The van der Waals surface area contributed by atoms with Crippen LogP contribution in [0, 0.1) is 6.92 Å². The Balaban J connectivity index is 2.35. The van der Waals surface area contributed by atoms with Crippen LogP contribution in [0.15, 0.2) is 51.8 Å². The summed E-state index contributed by atoms with van der Waals surface area (Å²) in [4.78, 5) is 0.137. The summed E-state index contributed by atoms with van der Waals surface area (Å²) in [5, 5.41) is 0.625. The number of hydrogen-bond donors (Lipinski definition) is 0. The lowest BCUT2D eigenvalue weighted by Crippen LogP contribution is -1.98. The predicted molar refractivity (Wildman–Crippen MR) is 82.4 cm³/mol. The van der Waals surface area contributed by atoms with Crippen LogP contribution in [0.1, 0.15) is 11.1 Å². The van der Waals surface area contributed by atoms with Gasteiger partial charge in [0.05, 0.1) is 14.9 Å². The molecule has 0 fully saturated rings. The number of rotatable bonds is 3. The predicted octanol–water partition coefficient (Wildman–Crippen LogP) is 4.11. The number of benzene rings is 2. The Kier molecular flexibility index (Phi) is 4.48. The van der Waals surface area contributed by atoms with E-state index in [1.54, 1.807) is 30.3 Å². The molecular formula is C14H11Cl2NO2S. The third-order valence-electron chi connectivity index (χ3n) is 2.63. The highest BCUT2D eigenvalue weighted by molar-refractivity contribution is 7.90. The van der Waals surface area contributed by atoms with Gasteiger partial charge in [0.1, 0.15) is 0 Å². The fraction of sp³-hybridized carbons (Fsp3) is 0.0714. The molecule has 104 valence electrons. The Bertz CT molecular complexity index is 753. The zero-order valence-corrected chi connectivity index (χ0v) is 12.9. The topological polar surface area (TPSA) is 46.5 Å². The summed E-state index contributed by atoms with van der Waals surface area (Å²) in [6.45, 7) is 1.88. The SMILES string of the molecule is Cc1ccc(S(=O)(=O)N=Cc2cccc(Cl)c2Cl)cc1. The van der Waals surface area contributed by atoms with Gasteiger partial charge in [-0.2, -0.15) is 12.8 Å². The van der Waals surface area contributed by atoms with Crippen LogP contribution < -0.4 is 0 Å². The molecule has 3 nitrogen and oxygen atoms in total. The average molecular weight is 328 g/mol. The van der Waals surface area contributed by atoms with Crippen LogP contribution in [0.5, 0.6) is 0 Å². The van der Waals surface area contributed by atoms with E-state index < -0.39 is 10.0 Å². The molecule has 6 heteroatoms. The van der Waals surface area contributed by atoms with Crippen LogP contribution in [0.25, 0.3) is 0 Å². The van der Waals surface area contributed by atoms with Crippen molar-refractivity contribution in [2.45, 2.75) is 11.8 Å². The molecule has 0 spiro atoms. The fourth-order valence-corrected chi connectivity index (χ4v) is 2.73. The van der Waals surface area contributed by atoms with Gasteiger partial charge in [-0.05, 0) is 25.1 Å². The maximum absolute atomic E-state index is 12.0. The lowest BCUT2D eigenvalue weighted by atomic mass is 10.2. The monoisotopic (exact) mass is 327 g/mol. The summed E-state index contributed by atoms with van der Waals surface area (Å²) in [5.74, 6) is 0. The van der Waals surface area contributed by atoms with Crippen molar-refractivity contribution in [1.82, 2.24) is 0 Å². The summed E-state index contributed by atoms with van der Waals surface area (Å²) in [7, 11) is -3.74. The Hall–Kier alpha value is -1.36. The number of sulfonamides is 1. The third-order valence-corrected chi connectivity index (χ3v) is 4.72. The van der Waals surface area contributed by atoms with Crippen LogP contribution in [0.3, 0.4) is 0 Å². The molecule has 2 aromatic rings. The molecule has 0 radical (unpaired) electrons. The number of halogens is 2. The summed E-state index contributed by atoms with van der Waals surface area (Å²) in [5.41, 5.74) is 1.43. The van der Waals surface area contributed by atoms with E-state index in [9.17, 15) is 8.42 Å². The smallest absolute Gasteiger partial charge is 0.199 e. The molecule has 0 unspecified atom stereocenters. The first-order chi connectivity index (χ1) is 9.40. The minimum atomic E-state index is -3.74. The van der Waals surface area contributed by atoms with Crippen molar-refractivity contribution >= 4 is 39.4 Å². The van der Waals surface area contributed by atoms with E-state index >= 15 is 0 Å². The molecule has 0 bridgehead atoms. The van der Waals surface area contributed by atoms with Gasteiger partial charge < -0.3 is 0 Å². The molecule has 0 aliphatic heterocycles. The van der Waals surface area contributed by atoms with Crippen LogP contribution in [0.4, 0.5) is 0 Å². The van der Waals surface area contributed by atoms with Crippen molar-refractivity contribution in [3.8, 4) is 0 Å². The van der Waals surface area contributed by atoms with E-state index in [0.717, 1.165) is 5.56 Å². The highest BCUT2D eigenvalue weighted by Crippen LogP contribution is 2.24. The molecular weight excluding hydrogens is 317 g/mol. The lowest BCUT2D eigenvalue weighted by molar-refractivity contribution is 0.598. The normalized spacial score (nSPS) is 11.9. The van der Waals surface area contributed by atoms with Gasteiger partial charge in [0.2, 0.25) is 0 Å². The second kappa shape index (κ2) is 5.95.